The molecule has 2 atom stereocenters. The predicted octanol–water partition coefficient (Wildman–Crippen LogP) is 5.26. The zero-order valence-electron chi connectivity index (χ0n) is 16.5. The molecular weight excluding hydrogens is 508 g/mol. The summed E-state index contributed by atoms with van der Waals surface area (Å²) in [6.45, 7) is 2.42. The molecule has 0 amide bonds. The monoisotopic (exact) mass is 529 g/mol. The van der Waals surface area contributed by atoms with Gasteiger partial charge in [-0.2, -0.15) is 0 Å². The Hall–Kier alpha value is -2.28. The summed E-state index contributed by atoms with van der Waals surface area (Å²) in [5.41, 5.74) is 4.12. The quantitative estimate of drug-likeness (QED) is 0.421. The van der Waals surface area contributed by atoms with Crippen LogP contribution in [0.3, 0.4) is 0 Å². The first-order chi connectivity index (χ1) is 14.5. The molecule has 154 valence electrons. The van der Waals surface area contributed by atoms with Gasteiger partial charge in [0, 0.05) is 26.3 Å². The molecule has 1 heterocycles. The highest BCUT2D eigenvalue weighted by Crippen LogP contribution is 2.35. The summed E-state index contributed by atoms with van der Waals surface area (Å²) in [7, 11) is 0. The smallest absolute Gasteiger partial charge is 0.186 e. The molecule has 3 aromatic carbocycles. The minimum Gasteiger partial charge on any atom is -0.504 e. The van der Waals surface area contributed by atoms with Gasteiger partial charge in [-0.05, 0) is 61.0 Å². The van der Waals surface area contributed by atoms with E-state index in [2.05, 4.69) is 72.8 Å². The van der Waals surface area contributed by atoms with Crippen LogP contribution in [-0.4, -0.2) is 11.7 Å². The molecular formula is C24H23Br2N2O2+. The average Bonchev–Trinajstić information content (AvgIpc) is 2.76. The molecule has 1 aliphatic rings. The molecule has 0 saturated carbocycles. The number of aromatic hydroxyl groups is 1. The van der Waals surface area contributed by atoms with E-state index in [0.29, 0.717) is 12.4 Å². The number of para-hydroxylation sites is 1. The number of benzene rings is 3. The lowest BCUT2D eigenvalue weighted by atomic mass is 9.97. The summed E-state index contributed by atoms with van der Waals surface area (Å²) in [5.74, 6) is 0.712. The molecule has 1 aliphatic heterocycles. The van der Waals surface area contributed by atoms with Crippen molar-refractivity contribution in [1.29, 1.82) is 0 Å². The van der Waals surface area contributed by atoms with E-state index in [9.17, 15) is 5.11 Å². The van der Waals surface area contributed by atoms with Gasteiger partial charge in [0.25, 0.3) is 0 Å². The van der Waals surface area contributed by atoms with E-state index in [-0.39, 0.29) is 18.0 Å². The number of ether oxygens (including phenoxy) is 1. The number of rotatable bonds is 5. The number of nitrogens with two attached hydrogens (primary N) is 1. The number of quaternary nitrogens is 1. The lowest BCUT2D eigenvalue weighted by Gasteiger charge is -2.30. The van der Waals surface area contributed by atoms with Crippen LogP contribution in [0.4, 0.5) is 0 Å². The second-order valence-corrected chi connectivity index (χ2v) is 8.94. The summed E-state index contributed by atoms with van der Waals surface area (Å²) < 4.78 is 7.69. The van der Waals surface area contributed by atoms with E-state index in [1.807, 2.05) is 43.3 Å². The van der Waals surface area contributed by atoms with Gasteiger partial charge in [-0.1, -0.05) is 50.1 Å². The van der Waals surface area contributed by atoms with Crippen LogP contribution in [0, 0.1) is 0 Å². The van der Waals surface area contributed by atoms with Crippen molar-refractivity contribution in [3.63, 3.8) is 0 Å². The van der Waals surface area contributed by atoms with Crippen molar-refractivity contribution in [3.8, 4) is 11.5 Å². The number of hydrogen-bond acceptors (Lipinski definition) is 3. The zero-order chi connectivity index (χ0) is 21.1. The Kier molecular flexibility index (Phi) is 6.46. The lowest BCUT2D eigenvalue weighted by molar-refractivity contribution is -0.731. The van der Waals surface area contributed by atoms with Gasteiger partial charge in [0.15, 0.2) is 17.7 Å². The molecule has 30 heavy (non-hydrogen) atoms. The molecule has 0 saturated heterocycles. The molecule has 4 rings (SSSR count). The molecule has 3 aromatic rings. The van der Waals surface area contributed by atoms with Gasteiger partial charge in [-0.15, -0.1) is 0 Å². The number of phenolic OH excluding ortho intramolecular Hbond substituents is 1. The van der Waals surface area contributed by atoms with Gasteiger partial charge in [0.2, 0.25) is 0 Å². The average molecular weight is 531 g/mol. The minimum atomic E-state index is -0.0704. The van der Waals surface area contributed by atoms with Gasteiger partial charge < -0.3 is 20.5 Å². The Labute approximate surface area is 193 Å². The summed E-state index contributed by atoms with van der Waals surface area (Å²) in [5, 5.41) is 16.7. The minimum absolute atomic E-state index is 0.00176. The molecule has 0 spiro atoms. The van der Waals surface area contributed by atoms with Gasteiger partial charge in [0.1, 0.15) is 6.04 Å². The maximum atomic E-state index is 10.9. The van der Waals surface area contributed by atoms with Crippen molar-refractivity contribution >= 4 is 37.6 Å². The normalized spacial score (nSPS) is 18.4. The van der Waals surface area contributed by atoms with E-state index in [0.717, 1.165) is 31.3 Å². The third-order valence-electron chi connectivity index (χ3n) is 5.13. The van der Waals surface area contributed by atoms with Crippen LogP contribution in [0.2, 0.25) is 0 Å². The fourth-order valence-electron chi connectivity index (χ4n) is 3.65. The van der Waals surface area contributed by atoms with E-state index < -0.39 is 0 Å². The molecule has 6 heteroatoms. The summed E-state index contributed by atoms with van der Waals surface area (Å²) in [6, 6.07) is 22.2. The molecule has 0 aliphatic carbocycles. The molecule has 4 nitrogen and oxygen atoms in total. The first kappa shape index (κ1) is 21.0. The van der Waals surface area contributed by atoms with E-state index >= 15 is 0 Å². The van der Waals surface area contributed by atoms with Crippen molar-refractivity contribution in [1.82, 2.24) is 5.32 Å². The van der Waals surface area contributed by atoms with Crippen LogP contribution in [-0.2, 0) is 0 Å². The second-order valence-electron chi connectivity index (χ2n) is 7.11. The maximum absolute atomic E-state index is 10.9. The van der Waals surface area contributed by atoms with Gasteiger partial charge in [-0.3, -0.25) is 0 Å². The fraction of sp³-hybridized carbons (Fsp3) is 0.167. The van der Waals surface area contributed by atoms with Crippen LogP contribution in [0.25, 0.3) is 5.70 Å². The van der Waals surface area contributed by atoms with Crippen molar-refractivity contribution in [2.24, 2.45) is 0 Å². The second kappa shape index (κ2) is 9.25. The number of hydrogen-bond donors (Lipinski definition) is 3. The van der Waals surface area contributed by atoms with Crippen molar-refractivity contribution in [2.75, 3.05) is 6.61 Å². The molecule has 2 unspecified atom stereocenters. The molecule has 4 N–H and O–H groups in total. The highest BCUT2D eigenvalue weighted by molar-refractivity contribution is 9.10. The van der Waals surface area contributed by atoms with Crippen LogP contribution >= 0.6 is 31.9 Å². The Morgan fingerprint density at radius 3 is 2.30 bits per heavy atom. The van der Waals surface area contributed by atoms with E-state index in [1.165, 1.54) is 0 Å². The van der Waals surface area contributed by atoms with Crippen molar-refractivity contribution in [3.05, 3.63) is 98.4 Å². The highest BCUT2D eigenvalue weighted by atomic mass is 79.9. The zero-order valence-corrected chi connectivity index (χ0v) is 19.7. The molecule has 0 aromatic heterocycles. The summed E-state index contributed by atoms with van der Waals surface area (Å²) in [4.78, 5) is 0. The van der Waals surface area contributed by atoms with Gasteiger partial charge in [-0.25, -0.2) is 0 Å². The fourth-order valence-corrected chi connectivity index (χ4v) is 4.18. The number of nitrogens with one attached hydrogen (secondary N) is 1. The SMILES string of the molecule is CCOc1cccc(C2C=C(c3ccc(Br)cc3)NC(c3ccc(Br)cc3)[NH2+]2)c1O. The Bertz CT molecular complexity index is 1050. The Balaban J connectivity index is 1.75. The van der Waals surface area contributed by atoms with Crippen molar-refractivity contribution in [2.45, 2.75) is 19.1 Å². The van der Waals surface area contributed by atoms with E-state index in [1.54, 1.807) is 6.07 Å². The third-order valence-corrected chi connectivity index (χ3v) is 6.19. The molecule has 0 bridgehead atoms. The standard InChI is InChI=1S/C24H22Br2N2O2/c1-2-30-22-5-3-4-19(23(22)29)21-14-20(15-6-10-17(25)11-7-15)27-24(28-21)16-8-12-18(26)13-9-16/h3-14,21,24,27-29H,2H2,1H3/p+1. The van der Waals surface area contributed by atoms with Crippen LogP contribution < -0.4 is 15.4 Å². The third kappa shape index (κ3) is 4.56. The topological polar surface area (TPSA) is 58.1 Å². The predicted molar refractivity (Wildman–Crippen MR) is 126 cm³/mol. The van der Waals surface area contributed by atoms with Crippen molar-refractivity contribution < 1.29 is 15.2 Å². The first-order valence-corrected chi connectivity index (χ1v) is 11.4. The molecule has 0 radical (unpaired) electrons. The number of halogens is 2. The van der Waals surface area contributed by atoms with Gasteiger partial charge in [0.05, 0.1) is 12.2 Å². The van der Waals surface area contributed by atoms with Crippen LogP contribution in [0.1, 0.15) is 35.8 Å². The highest BCUT2D eigenvalue weighted by Gasteiger charge is 2.30. The lowest BCUT2D eigenvalue weighted by Crippen LogP contribution is -2.89. The Morgan fingerprint density at radius 2 is 1.63 bits per heavy atom. The maximum Gasteiger partial charge on any atom is 0.186 e. The van der Waals surface area contributed by atoms with E-state index in [4.69, 9.17) is 4.74 Å². The van der Waals surface area contributed by atoms with Gasteiger partial charge >= 0.3 is 0 Å². The first-order valence-electron chi connectivity index (χ1n) is 9.84. The summed E-state index contributed by atoms with van der Waals surface area (Å²) in [6.07, 6.45) is 2.16. The molecule has 0 fully saturated rings. The van der Waals surface area contributed by atoms with Crippen LogP contribution in [0.5, 0.6) is 11.5 Å². The largest absolute Gasteiger partial charge is 0.504 e. The van der Waals surface area contributed by atoms with Crippen LogP contribution in [0.15, 0.2) is 81.8 Å². The summed E-state index contributed by atoms with van der Waals surface area (Å²) >= 11 is 7.02. The Morgan fingerprint density at radius 1 is 0.967 bits per heavy atom. The number of phenols is 1.